The summed E-state index contributed by atoms with van der Waals surface area (Å²) in [6, 6.07) is 8.37. The highest BCUT2D eigenvalue weighted by molar-refractivity contribution is 6.32. The highest BCUT2D eigenvalue weighted by atomic mass is 19.1. The first-order valence-corrected chi connectivity index (χ1v) is 12.1. The molecule has 3 aliphatic heterocycles. The van der Waals surface area contributed by atoms with Crippen LogP contribution in [0.4, 0.5) is 15.9 Å². The Hall–Kier alpha value is -3.23. The number of nitrogens with zero attached hydrogens (tertiary/aromatic N) is 3. The first-order chi connectivity index (χ1) is 16.9. The molecule has 0 atom stereocenters. The molecule has 3 aliphatic rings. The molecule has 1 saturated heterocycles. The molecule has 7 nitrogen and oxygen atoms in total. The molecule has 1 N–H and O–H groups in total. The van der Waals surface area contributed by atoms with Gasteiger partial charge in [0, 0.05) is 67.9 Å². The van der Waals surface area contributed by atoms with Crippen molar-refractivity contribution in [2.45, 2.75) is 26.4 Å². The van der Waals surface area contributed by atoms with E-state index in [2.05, 4.69) is 21.2 Å². The summed E-state index contributed by atoms with van der Waals surface area (Å²) in [4.78, 5) is 22.1. The van der Waals surface area contributed by atoms with E-state index in [1.807, 2.05) is 39.1 Å². The van der Waals surface area contributed by atoms with E-state index in [9.17, 15) is 9.18 Å². The second-order valence-electron chi connectivity index (χ2n) is 9.48. The van der Waals surface area contributed by atoms with E-state index in [0.29, 0.717) is 22.6 Å². The number of amides is 1. The number of rotatable bonds is 6. The lowest BCUT2D eigenvalue weighted by Gasteiger charge is -2.35. The number of carbonyl (C=O) groups is 1. The van der Waals surface area contributed by atoms with Crippen LogP contribution in [0.3, 0.4) is 0 Å². The summed E-state index contributed by atoms with van der Waals surface area (Å²) in [5.41, 5.74) is 2.67. The van der Waals surface area contributed by atoms with Crippen LogP contribution < -0.4 is 10.2 Å². The van der Waals surface area contributed by atoms with Crippen molar-refractivity contribution >= 4 is 28.6 Å². The largest absolute Gasteiger partial charge is 0.482 e. The molecule has 1 aromatic heterocycles. The van der Waals surface area contributed by atoms with E-state index in [4.69, 9.17) is 14.5 Å². The van der Waals surface area contributed by atoms with Gasteiger partial charge in [-0.05, 0) is 57.2 Å². The topological polar surface area (TPSA) is 66.9 Å². The van der Waals surface area contributed by atoms with Gasteiger partial charge in [0.1, 0.15) is 23.0 Å². The van der Waals surface area contributed by atoms with Gasteiger partial charge in [0.05, 0.1) is 12.2 Å². The second kappa shape index (κ2) is 9.43. The summed E-state index contributed by atoms with van der Waals surface area (Å²) in [6.07, 6.45) is 3.74. The number of benzene rings is 1. The Balaban J connectivity index is 1.34. The quantitative estimate of drug-likeness (QED) is 0.501. The van der Waals surface area contributed by atoms with Gasteiger partial charge >= 0.3 is 0 Å². The fraction of sp³-hybridized carbons (Fsp3) is 0.407. The predicted octanol–water partition coefficient (Wildman–Crippen LogP) is 3.93. The normalized spacial score (nSPS) is 21.5. The van der Waals surface area contributed by atoms with Gasteiger partial charge in [0.25, 0.3) is 5.91 Å². The van der Waals surface area contributed by atoms with Crippen molar-refractivity contribution in [1.29, 1.82) is 0 Å². The molecular formula is C27H31FN4O3. The van der Waals surface area contributed by atoms with Gasteiger partial charge in [0.15, 0.2) is 0 Å². The minimum atomic E-state index is -0.659. The smallest absolute Gasteiger partial charge is 0.260 e. The van der Waals surface area contributed by atoms with E-state index in [-0.39, 0.29) is 5.91 Å². The van der Waals surface area contributed by atoms with Crippen molar-refractivity contribution in [3.63, 3.8) is 0 Å². The molecule has 0 spiro atoms. The molecule has 0 radical (unpaired) electrons. The van der Waals surface area contributed by atoms with E-state index >= 15 is 0 Å². The molecule has 0 unspecified atom stereocenters. The standard InChI is InChI=1S/C27H31FN4O3/c1-4-34-14-13-31-9-11-32(12-10-31)24-8-5-18(17-29-24)21-16-23(35-27(21,2)3)25-20-15-19(28)6-7-22(20)30-26(25)33/h5-8,15-17H,4,9-14H2,1-3H3,(H,30,33). The number of aromatic nitrogens is 1. The molecule has 5 rings (SSSR count). The number of ether oxygens (including phenoxy) is 2. The first kappa shape index (κ1) is 23.5. The molecule has 35 heavy (non-hydrogen) atoms. The Morgan fingerprint density at radius 2 is 1.97 bits per heavy atom. The predicted molar refractivity (Wildman–Crippen MR) is 134 cm³/mol. The molecule has 184 valence electrons. The average molecular weight is 479 g/mol. The van der Waals surface area contributed by atoms with Crippen LogP contribution in [-0.4, -0.2) is 67.3 Å². The van der Waals surface area contributed by atoms with Crippen molar-refractivity contribution < 1.29 is 18.7 Å². The third kappa shape index (κ3) is 4.68. The number of carbonyl (C=O) groups excluding carboxylic acids is 1. The Kier molecular flexibility index (Phi) is 6.34. The van der Waals surface area contributed by atoms with Gasteiger partial charge in [-0.3, -0.25) is 9.69 Å². The molecule has 2 aromatic rings. The number of pyridine rings is 1. The van der Waals surface area contributed by atoms with Crippen molar-refractivity contribution in [3.05, 3.63) is 65.3 Å². The van der Waals surface area contributed by atoms with Crippen LogP contribution in [0.15, 0.2) is 48.4 Å². The van der Waals surface area contributed by atoms with E-state index in [0.717, 1.165) is 62.9 Å². The zero-order valence-corrected chi connectivity index (χ0v) is 20.4. The Labute approximate surface area is 205 Å². The third-order valence-electron chi connectivity index (χ3n) is 6.77. The summed E-state index contributed by atoms with van der Waals surface area (Å²) in [6.45, 7) is 12.3. The van der Waals surface area contributed by atoms with Gasteiger partial charge in [-0.1, -0.05) is 0 Å². The number of fused-ring (bicyclic) bond motifs is 1. The SMILES string of the molecule is CCOCCN1CCN(c2ccc(C3=CC(=C4C(=O)Nc5ccc(F)cc54)OC3(C)C)cn2)CC1. The zero-order valence-electron chi connectivity index (χ0n) is 20.4. The molecule has 0 bridgehead atoms. The van der Waals surface area contributed by atoms with Gasteiger partial charge in [-0.25, -0.2) is 9.37 Å². The maximum Gasteiger partial charge on any atom is 0.260 e. The third-order valence-corrected chi connectivity index (χ3v) is 6.77. The van der Waals surface area contributed by atoms with Crippen LogP contribution >= 0.6 is 0 Å². The van der Waals surface area contributed by atoms with Gasteiger partial charge in [-0.2, -0.15) is 0 Å². The number of hydrogen-bond donors (Lipinski definition) is 1. The minimum Gasteiger partial charge on any atom is -0.482 e. The molecule has 1 fully saturated rings. The molecular weight excluding hydrogens is 447 g/mol. The van der Waals surface area contributed by atoms with Crippen LogP contribution in [0.25, 0.3) is 11.1 Å². The van der Waals surface area contributed by atoms with Crippen LogP contribution in [-0.2, 0) is 14.3 Å². The van der Waals surface area contributed by atoms with E-state index in [1.165, 1.54) is 12.1 Å². The second-order valence-corrected chi connectivity index (χ2v) is 9.48. The summed E-state index contributed by atoms with van der Waals surface area (Å²) >= 11 is 0. The van der Waals surface area contributed by atoms with Crippen LogP contribution in [0.2, 0.25) is 0 Å². The van der Waals surface area contributed by atoms with Crippen molar-refractivity contribution in [1.82, 2.24) is 9.88 Å². The molecule has 0 aliphatic carbocycles. The Bertz CT molecular complexity index is 1180. The van der Waals surface area contributed by atoms with Crippen LogP contribution in [0.5, 0.6) is 0 Å². The van der Waals surface area contributed by atoms with Gasteiger partial charge in [0.2, 0.25) is 0 Å². The number of allylic oxidation sites excluding steroid dienone is 1. The summed E-state index contributed by atoms with van der Waals surface area (Å²) in [7, 11) is 0. The van der Waals surface area contributed by atoms with Crippen LogP contribution in [0.1, 0.15) is 31.9 Å². The number of hydrogen-bond acceptors (Lipinski definition) is 6. The fourth-order valence-electron chi connectivity index (χ4n) is 4.87. The molecule has 1 aromatic carbocycles. The zero-order chi connectivity index (χ0) is 24.6. The minimum absolute atomic E-state index is 0.289. The summed E-state index contributed by atoms with van der Waals surface area (Å²) < 4.78 is 25.6. The lowest BCUT2D eigenvalue weighted by Crippen LogP contribution is -2.47. The maximum atomic E-state index is 13.9. The van der Waals surface area contributed by atoms with Crippen molar-refractivity contribution in [3.8, 4) is 0 Å². The van der Waals surface area contributed by atoms with E-state index < -0.39 is 11.4 Å². The Morgan fingerprint density at radius 3 is 2.69 bits per heavy atom. The number of nitrogens with one attached hydrogen (secondary N) is 1. The molecule has 8 heteroatoms. The Morgan fingerprint density at radius 1 is 1.17 bits per heavy atom. The molecule has 1 amide bonds. The van der Waals surface area contributed by atoms with Gasteiger partial charge in [-0.15, -0.1) is 0 Å². The fourth-order valence-corrected chi connectivity index (χ4v) is 4.87. The number of piperazine rings is 1. The van der Waals surface area contributed by atoms with Crippen molar-refractivity contribution in [2.75, 3.05) is 56.2 Å². The average Bonchev–Trinajstić information content (AvgIpc) is 3.34. The summed E-state index contributed by atoms with van der Waals surface area (Å²) in [5, 5.41) is 2.79. The monoisotopic (exact) mass is 478 g/mol. The van der Waals surface area contributed by atoms with E-state index in [1.54, 1.807) is 6.07 Å². The highest BCUT2D eigenvalue weighted by Crippen LogP contribution is 2.44. The lowest BCUT2D eigenvalue weighted by molar-refractivity contribution is -0.111. The lowest BCUT2D eigenvalue weighted by atomic mass is 9.93. The molecule has 4 heterocycles. The van der Waals surface area contributed by atoms with Gasteiger partial charge < -0.3 is 19.7 Å². The number of anilines is 2. The first-order valence-electron chi connectivity index (χ1n) is 12.1. The van der Waals surface area contributed by atoms with Crippen LogP contribution in [0, 0.1) is 5.82 Å². The maximum absolute atomic E-state index is 13.9. The van der Waals surface area contributed by atoms with Crippen molar-refractivity contribution in [2.24, 2.45) is 0 Å². The summed E-state index contributed by atoms with van der Waals surface area (Å²) in [5.74, 6) is 0.713. The molecule has 0 saturated carbocycles. The number of halogens is 1. The highest BCUT2D eigenvalue weighted by Gasteiger charge is 2.38.